The number of pyridine rings is 1. The van der Waals surface area contributed by atoms with Crippen LogP contribution in [0.5, 0.6) is 0 Å². The van der Waals surface area contributed by atoms with Gasteiger partial charge in [-0.3, -0.25) is 4.79 Å². The van der Waals surface area contributed by atoms with Gasteiger partial charge in [0, 0.05) is 37.7 Å². The van der Waals surface area contributed by atoms with Crippen LogP contribution in [0.1, 0.15) is 44.9 Å². The summed E-state index contributed by atoms with van der Waals surface area (Å²) in [6, 6.07) is 4.14. The second kappa shape index (κ2) is 6.71. The summed E-state index contributed by atoms with van der Waals surface area (Å²) in [5.74, 6) is -0.937. The van der Waals surface area contributed by atoms with E-state index in [1.165, 1.54) is 19.3 Å². The maximum absolute atomic E-state index is 13.3. The maximum Gasteiger partial charge on any atom is 0.322 e. The van der Waals surface area contributed by atoms with E-state index >= 15 is 0 Å². The molecule has 7 rings (SSSR count). The number of carbonyl (C=O) groups is 1. The van der Waals surface area contributed by atoms with E-state index in [9.17, 15) is 13.6 Å². The number of piperidine rings is 1. The number of piperazine rings is 1. The normalized spacial score (nSPS) is 31.8. The summed E-state index contributed by atoms with van der Waals surface area (Å²) >= 11 is 0. The Morgan fingerprint density at radius 2 is 1.97 bits per heavy atom. The van der Waals surface area contributed by atoms with Crippen LogP contribution < -0.4 is 4.90 Å². The Morgan fingerprint density at radius 1 is 1.16 bits per heavy atom. The molecule has 0 radical (unpaired) electrons. The highest BCUT2D eigenvalue weighted by Crippen LogP contribution is 2.50. The summed E-state index contributed by atoms with van der Waals surface area (Å²) in [4.78, 5) is 25.8. The molecule has 4 bridgehead atoms. The van der Waals surface area contributed by atoms with Crippen LogP contribution in [0.2, 0.25) is 0 Å². The third-order valence-corrected chi connectivity index (χ3v) is 7.63. The standard InChI is InChI=1S/C22H25F2N5O2/c1-22(23,24)21-26-19(27-31-21)14-4-5-18(25-9-14)28-10-15-8-16(11-28)29(15)20(30)17-7-12-2-3-13(17)6-12/h4-5,9,12-13,15-17H,2-3,6-8,10-11H2,1H3. The minimum Gasteiger partial charge on any atom is -0.352 e. The molecule has 7 nitrogen and oxygen atoms in total. The molecule has 31 heavy (non-hydrogen) atoms. The van der Waals surface area contributed by atoms with Gasteiger partial charge in [-0.05, 0) is 49.7 Å². The molecular formula is C22H25F2N5O2. The van der Waals surface area contributed by atoms with Crippen molar-refractivity contribution in [2.24, 2.45) is 17.8 Å². The topological polar surface area (TPSA) is 75.4 Å². The smallest absolute Gasteiger partial charge is 0.322 e. The highest BCUT2D eigenvalue weighted by molar-refractivity contribution is 5.82. The summed E-state index contributed by atoms with van der Waals surface area (Å²) in [6.45, 7) is 2.28. The Labute approximate surface area is 178 Å². The van der Waals surface area contributed by atoms with Gasteiger partial charge in [0.2, 0.25) is 11.7 Å². The number of halogens is 2. The average Bonchev–Trinajstić information content (AvgIpc) is 3.50. The van der Waals surface area contributed by atoms with Crippen molar-refractivity contribution in [3.8, 4) is 11.4 Å². The molecule has 3 aliphatic heterocycles. The van der Waals surface area contributed by atoms with Gasteiger partial charge in [-0.25, -0.2) is 4.98 Å². The molecule has 2 aromatic heterocycles. The van der Waals surface area contributed by atoms with Gasteiger partial charge in [0.15, 0.2) is 0 Å². The first-order valence-corrected chi connectivity index (χ1v) is 11.1. The van der Waals surface area contributed by atoms with Gasteiger partial charge in [-0.1, -0.05) is 11.6 Å². The number of rotatable bonds is 4. The molecule has 164 valence electrons. The molecule has 5 aliphatic rings. The first kappa shape index (κ1) is 19.1. The molecule has 5 atom stereocenters. The van der Waals surface area contributed by atoms with Crippen LogP contribution in [-0.2, 0) is 10.7 Å². The molecule has 0 aromatic carbocycles. The van der Waals surface area contributed by atoms with Crippen molar-refractivity contribution in [3.63, 3.8) is 0 Å². The van der Waals surface area contributed by atoms with Crippen molar-refractivity contribution in [2.45, 2.75) is 57.0 Å². The summed E-state index contributed by atoms with van der Waals surface area (Å²) < 4.78 is 31.3. The number of aromatic nitrogens is 3. The lowest BCUT2D eigenvalue weighted by atomic mass is 9.81. The average molecular weight is 429 g/mol. The van der Waals surface area contributed by atoms with Crippen LogP contribution >= 0.6 is 0 Å². The third kappa shape index (κ3) is 3.11. The minimum atomic E-state index is -3.17. The van der Waals surface area contributed by atoms with Crippen molar-refractivity contribution >= 4 is 11.7 Å². The summed E-state index contributed by atoms with van der Waals surface area (Å²) in [5.41, 5.74) is 0.526. The van der Waals surface area contributed by atoms with Crippen LogP contribution in [0, 0.1) is 17.8 Å². The molecule has 2 aliphatic carbocycles. The number of hydrogen-bond acceptors (Lipinski definition) is 6. The van der Waals surface area contributed by atoms with Crippen LogP contribution in [-0.4, -0.2) is 51.1 Å². The van der Waals surface area contributed by atoms with Crippen molar-refractivity contribution in [2.75, 3.05) is 18.0 Å². The number of amides is 1. The van der Waals surface area contributed by atoms with Crippen LogP contribution in [0.25, 0.3) is 11.4 Å². The van der Waals surface area contributed by atoms with E-state index < -0.39 is 11.8 Å². The molecule has 3 saturated heterocycles. The Morgan fingerprint density at radius 3 is 2.55 bits per heavy atom. The Kier molecular flexibility index (Phi) is 4.14. The van der Waals surface area contributed by atoms with Crippen molar-refractivity contribution in [1.82, 2.24) is 20.0 Å². The zero-order valence-corrected chi connectivity index (χ0v) is 17.4. The van der Waals surface area contributed by atoms with Gasteiger partial charge in [-0.15, -0.1) is 0 Å². The van der Waals surface area contributed by atoms with Crippen LogP contribution in [0.15, 0.2) is 22.9 Å². The first-order valence-electron chi connectivity index (χ1n) is 11.1. The Bertz CT molecular complexity index is 992. The molecule has 0 N–H and O–H groups in total. The van der Waals surface area contributed by atoms with E-state index in [4.69, 9.17) is 0 Å². The van der Waals surface area contributed by atoms with Crippen molar-refractivity contribution in [1.29, 1.82) is 0 Å². The summed E-state index contributed by atoms with van der Waals surface area (Å²) in [7, 11) is 0. The lowest BCUT2D eigenvalue weighted by Crippen LogP contribution is -2.71. The van der Waals surface area contributed by atoms with Crippen molar-refractivity contribution < 1.29 is 18.1 Å². The number of carbonyl (C=O) groups excluding carboxylic acids is 1. The fourth-order valence-corrected chi connectivity index (χ4v) is 6.12. The van der Waals surface area contributed by atoms with E-state index in [-0.39, 0.29) is 23.8 Å². The number of hydrogen-bond donors (Lipinski definition) is 0. The minimum absolute atomic E-state index is 0.0969. The number of anilines is 1. The van der Waals surface area contributed by atoms with E-state index in [0.717, 1.165) is 44.6 Å². The highest BCUT2D eigenvalue weighted by atomic mass is 19.3. The lowest BCUT2D eigenvalue weighted by Gasteiger charge is -2.57. The monoisotopic (exact) mass is 429 g/mol. The lowest BCUT2D eigenvalue weighted by molar-refractivity contribution is -0.152. The molecular weight excluding hydrogens is 404 g/mol. The number of fused-ring (bicyclic) bond motifs is 4. The predicted molar refractivity (Wildman–Crippen MR) is 107 cm³/mol. The zero-order chi connectivity index (χ0) is 21.3. The van der Waals surface area contributed by atoms with E-state index in [2.05, 4.69) is 29.4 Å². The fourth-order valence-electron chi connectivity index (χ4n) is 6.12. The fraction of sp³-hybridized carbons (Fsp3) is 0.636. The molecule has 2 aromatic rings. The van der Waals surface area contributed by atoms with E-state index in [1.54, 1.807) is 12.3 Å². The molecule has 5 heterocycles. The number of nitrogens with zero attached hydrogens (tertiary/aromatic N) is 5. The quantitative estimate of drug-likeness (QED) is 0.741. The third-order valence-electron chi connectivity index (χ3n) is 7.63. The SMILES string of the molecule is CC(F)(F)c1nc(-c2ccc(N3CC4CC(C3)N4C(=O)C3CC4CCC3C4)nc2)no1. The maximum atomic E-state index is 13.3. The predicted octanol–water partition coefficient (Wildman–Crippen LogP) is 3.47. The molecule has 5 unspecified atom stereocenters. The van der Waals surface area contributed by atoms with Gasteiger partial charge >= 0.3 is 5.92 Å². The van der Waals surface area contributed by atoms with Crippen molar-refractivity contribution in [3.05, 3.63) is 24.2 Å². The Balaban J connectivity index is 1.12. The van der Waals surface area contributed by atoms with Gasteiger partial charge in [-0.2, -0.15) is 13.8 Å². The number of alkyl halides is 2. The van der Waals surface area contributed by atoms with E-state index in [1.807, 2.05) is 6.07 Å². The summed E-state index contributed by atoms with van der Waals surface area (Å²) in [5, 5.41) is 3.63. The highest BCUT2D eigenvalue weighted by Gasteiger charge is 2.52. The summed E-state index contributed by atoms with van der Waals surface area (Å²) in [6.07, 6.45) is 7.52. The second-order valence-electron chi connectivity index (χ2n) is 9.69. The van der Waals surface area contributed by atoms with Gasteiger partial charge in [0.1, 0.15) is 5.82 Å². The Hall–Kier alpha value is -2.58. The molecule has 0 spiro atoms. The molecule has 5 fully saturated rings. The first-order chi connectivity index (χ1) is 14.9. The molecule has 1 amide bonds. The van der Waals surface area contributed by atoms with Gasteiger partial charge in [0.05, 0.1) is 12.1 Å². The largest absolute Gasteiger partial charge is 0.352 e. The second-order valence-corrected chi connectivity index (χ2v) is 9.69. The molecule has 2 saturated carbocycles. The van der Waals surface area contributed by atoms with Gasteiger partial charge in [0.25, 0.3) is 5.89 Å². The van der Waals surface area contributed by atoms with E-state index in [0.29, 0.717) is 17.4 Å². The molecule has 9 heteroatoms. The zero-order valence-electron chi connectivity index (χ0n) is 17.4. The van der Waals surface area contributed by atoms with Crippen LogP contribution in [0.4, 0.5) is 14.6 Å². The van der Waals surface area contributed by atoms with Gasteiger partial charge < -0.3 is 14.3 Å². The van der Waals surface area contributed by atoms with Crippen LogP contribution in [0.3, 0.4) is 0 Å².